The van der Waals surface area contributed by atoms with Crippen LogP contribution >= 0.6 is 0 Å². The van der Waals surface area contributed by atoms with Gasteiger partial charge in [0.2, 0.25) is 11.8 Å². The van der Waals surface area contributed by atoms with Crippen LogP contribution in [0.4, 0.5) is 4.79 Å². The molecule has 1 aliphatic heterocycles. The minimum absolute atomic E-state index is 0.0143. The van der Waals surface area contributed by atoms with E-state index in [0.29, 0.717) is 43.5 Å². The minimum Gasteiger partial charge on any atom is -0.494 e. The van der Waals surface area contributed by atoms with Crippen molar-refractivity contribution in [1.29, 1.82) is 0 Å². The van der Waals surface area contributed by atoms with Gasteiger partial charge in [-0.05, 0) is 80.3 Å². The molecular formula is C36H47N5O7. The molecule has 12 heteroatoms. The van der Waals surface area contributed by atoms with Crippen molar-refractivity contribution >= 4 is 23.9 Å². The Labute approximate surface area is 282 Å². The summed E-state index contributed by atoms with van der Waals surface area (Å²) in [4.78, 5) is 52.3. The first-order valence-electron chi connectivity index (χ1n) is 16.5. The number of amides is 3. The van der Waals surface area contributed by atoms with Crippen LogP contribution < -0.4 is 15.4 Å². The average molecular weight is 662 g/mol. The lowest BCUT2D eigenvalue weighted by Gasteiger charge is -2.33. The Morgan fingerprint density at radius 2 is 1.85 bits per heavy atom. The number of alkyl carbamates (subject to hydrolysis) is 1. The number of esters is 1. The molecule has 0 aliphatic carbocycles. The second-order valence-corrected chi connectivity index (χ2v) is 12.1. The molecule has 258 valence electrons. The summed E-state index contributed by atoms with van der Waals surface area (Å²) in [5, 5.41) is 9.80. The van der Waals surface area contributed by atoms with Crippen LogP contribution in [0.5, 0.6) is 5.75 Å². The molecule has 2 N–H and O–H groups in total. The molecule has 0 spiro atoms. The van der Waals surface area contributed by atoms with Gasteiger partial charge in [-0.2, -0.15) is 5.10 Å². The number of benzene rings is 2. The number of carbonyl (C=O) groups is 4. The fraction of sp³-hybridized carbons (Fsp3) is 0.472. The molecule has 1 aromatic heterocycles. The number of nitrogens with one attached hydrogen (secondary N) is 2. The highest BCUT2D eigenvalue weighted by Crippen LogP contribution is 2.25. The smallest absolute Gasteiger partial charge is 0.408 e. The number of rotatable bonds is 15. The summed E-state index contributed by atoms with van der Waals surface area (Å²) in [7, 11) is 1.74. The van der Waals surface area contributed by atoms with Gasteiger partial charge in [0.25, 0.3) is 0 Å². The van der Waals surface area contributed by atoms with E-state index < -0.39 is 18.0 Å². The lowest BCUT2D eigenvalue weighted by molar-refractivity contribution is -0.146. The lowest BCUT2D eigenvalue weighted by atomic mass is 9.95. The van der Waals surface area contributed by atoms with Crippen molar-refractivity contribution in [2.45, 2.75) is 72.1 Å². The number of likely N-dealkylation sites (tertiary alicyclic amines) is 1. The predicted octanol–water partition coefficient (Wildman–Crippen LogP) is 4.67. The summed E-state index contributed by atoms with van der Waals surface area (Å²) in [6.07, 6.45) is 5.50. The monoisotopic (exact) mass is 661 g/mol. The molecule has 0 bridgehead atoms. The third kappa shape index (κ3) is 10.9. The first kappa shape index (κ1) is 36.0. The molecule has 48 heavy (non-hydrogen) atoms. The lowest BCUT2D eigenvalue weighted by Crippen LogP contribution is -2.40. The SMILES string of the molecule is CCOC(=O)CCC(=O)N1CCCC(CCOc2cc(C)c(C)c(CNC(=O)C(NC(=O)OCc3ccccc3)c3cnn(C)c3)c2)C1. The second kappa shape index (κ2) is 17.9. The van der Waals surface area contributed by atoms with Gasteiger partial charge in [0.05, 0.1) is 25.8 Å². The molecule has 2 unspecified atom stereocenters. The maximum atomic E-state index is 13.4. The fourth-order valence-electron chi connectivity index (χ4n) is 5.69. The van der Waals surface area contributed by atoms with Gasteiger partial charge in [-0.3, -0.25) is 19.1 Å². The summed E-state index contributed by atoms with van der Waals surface area (Å²) in [6.45, 7) is 8.21. The van der Waals surface area contributed by atoms with Crippen LogP contribution in [-0.2, 0) is 44.1 Å². The Kier molecular flexibility index (Phi) is 13.4. The number of ether oxygens (including phenoxy) is 3. The quantitative estimate of drug-likeness (QED) is 0.224. The third-order valence-corrected chi connectivity index (χ3v) is 8.51. The first-order chi connectivity index (χ1) is 23.1. The van der Waals surface area contributed by atoms with Crippen molar-refractivity contribution < 1.29 is 33.4 Å². The van der Waals surface area contributed by atoms with E-state index in [1.807, 2.05) is 61.2 Å². The largest absolute Gasteiger partial charge is 0.494 e. The highest BCUT2D eigenvalue weighted by molar-refractivity contribution is 5.86. The topological polar surface area (TPSA) is 141 Å². The average Bonchev–Trinajstić information content (AvgIpc) is 3.52. The molecule has 4 rings (SSSR count). The molecule has 2 atom stereocenters. The molecule has 1 aliphatic rings. The van der Waals surface area contributed by atoms with E-state index in [-0.39, 0.29) is 37.9 Å². The van der Waals surface area contributed by atoms with Crippen LogP contribution in [0.25, 0.3) is 0 Å². The Bertz CT molecular complexity index is 1540. The second-order valence-electron chi connectivity index (χ2n) is 12.1. The van der Waals surface area contributed by atoms with Crippen LogP contribution in [0.15, 0.2) is 54.9 Å². The van der Waals surface area contributed by atoms with Crippen molar-refractivity contribution in [3.05, 3.63) is 82.7 Å². The van der Waals surface area contributed by atoms with E-state index in [0.717, 1.165) is 41.5 Å². The van der Waals surface area contributed by atoms with E-state index in [1.165, 1.54) is 6.20 Å². The van der Waals surface area contributed by atoms with Crippen molar-refractivity contribution in [2.24, 2.45) is 13.0 Å². The molecular weight excluding hydrogens is 614 g/mol. The molecule has 12 nitrogen and oxygen atoms in total. The number of hydrogen-bond acceptors (Lipinski definition) is 8. The van der Waals surface area contributed by atoms with Gasteiger partial charge in [0.15, 0.2) is 0 Å². The highest BCUT2D eigenvalue weighted by atomic mass is 16.5. The number of aryl methyl sites for hydroxylation is 2. The molecule has 0 radical (unpaired) electrons. The predicted molar refractivity (Wildman–Crippen MR) is 179 cm³/mol. The minimum atomic E-state index is -1.00. The zero-order valence-electron chi connectivity index (χ0n) is 28.3. The number of hydrogen-bond donors (Lipinski definition) is 2. The standard InChI is InChI=1S/C36H47N5O7/c1-5-46-33(43)14-13-32(42)41-16-9-12-27(22-41)15-17-47-31-18-25(2)26(3)29(19-31)20-37-35(44)34(30-21-38-40(4)23-30)39-36(45)48-24-28-10-7-6-8-11-28/h6-8,10-11,18-19,21,23,27,34H,5,9,12-17,20,22,24H2,1-4H3,(H,37,44)(H,39,45). The summed E-state index contributed by atoms with van der Waals surface area (Å²) in [5.41, 5.74) is 4.31. The van der Waals surface area contributed by atoms with Gasteiger partial charge in [-0.25, -0.2) is 4.79 Å². The van der Waals surface area contributed by atoms with Gasteiger partial charge < -0.3 is 29.7 Å². The number of nitrogens with zero attached hydrogens (tertiary/aromatic N) is 3. The van der Waals surface area contributed by atoms with Gasteiger partial charge in [-0.1, -0.05) is 30.3 Å². The fourth-order valence-corrected chi connectivity index (χ4v) is 5.69. The van der Waals surface area contributed by atoms with Crippen molar-refractivity contribution in [3.63, 3.8) is 0 Å². The van der Waals surface area contributed by atoms with Crippen molar-refractivity contribution in [2.75, 3.05) is 26.3 Å². The van der Waals surface area contributed by atoms with Gasteiger partial charge in [-0.15, -0.1) is 0 Å². The van der Waals surface area contributed by atoms with Gasteiger partial charge in [0.1, 0.15) is 18.4 Å². The van der Waals surface area contributed by atoms with E-state index in [4.69, 9.17) is 14.2 Å². The number of aromatic nitrogens is 2. The van der Waals surface area contributed by atoms with Crippen LogP contribution in [-0.4, -0.2) is 64.9 Å². The van der Waals surface area contributed by atoms with Crippen LogP contribution in [0, 0.1) is 19.8 Å². The molecule has 2 heterocycles. The maximum Gasteiger partial charge on any atom is 0.408 e. The summed E-state index contributed by atoms with van der Waals surface area (Å²) < 4.78 is 18.0. The molecule has 3 aromatic rings. The molecule has 0 saturated carbocycles. The van der Waals surface area contributed by atoms with E-state index >= 15 is 0 Å². The molecule has 3 amide bonds. The Balaban J connectivity index is 1.30. The summed E-state index contributed by atoms with van der Waals surface area (Å²) >= 11 is 0. The van der Waals surface area contributed by atoms with Crippen molar-refractivity contribution in [1.82, 2.24) is 25.3 Å². The van der Waals surface area contributed by atoms with Crippen LogP contribution in [0.2, 0.25) is 0 Å². The Morgan fingerprint density at radius 1 is 1.06 bits per heavy atom. The van der Waals surface area contributed by atoms with Crippen LogP contribution in [0.3, 0.4) is 0 Å². The number of carbonyl (C=O) groups excluding carboxylic acids is 4. The van der Waals surface area contributed by atoms with E-state index in [1.54, 1.807) is 24.9 Å². The summed E-state index contributed by atoms with van der Waals surface area (Å²) in [6, 6.07) is 12.2. The molecule has 1 saturated heterocycles. The Hall–Kier alpha value is -4.87. The molecule has 2 aromatic carbocycles. The van der Waals surface area contributed by atoms with Crippen LogP contribution in [0.1, 0.15) is 72.9 Å². The zero-order valence-corrected chi connectivity index (χ0v) is 28.3. The normalized spacial score (nSPS) is 14.9. The van der Waals surface area contributed by atoms with E-state index in [2.05, 4.69) is 15.7 Å². The van der Waals surface area contributed by atoms with Crippen molar-refractivity contribution in [3.8, 4) is 5.75 Å². The zero-order chi connectivity index (χ0) is 34.5. The Morgan fingerprint density at radius 3 is 2.58 bits per heavy atom. The highest BCUT2D eigenvalue weighted by Gasteiger charge is 2.26. The van der Waals surface area contributed by atoms with E-state index in [9.17, 15) is 19.2 Å². The van der Waals surface area contributed by atoms with Gasteiger partial charge >= 0.3 is 12.1 Å². The van der Waals surface area contributed by atoms with Gasteiger partial charge in [0, 0.05) is 44.9 Å². The summed E-state index contributed by atoms with van der Waals surface area (Å²) in [5.74, 6) is 0.254. The third-order valence-electron chi connectivity index (χ3n) is 8.51. The maximum absolute atomic E-state index is 13.4. The number of piperidine rings is 1. The molecule has 1 fully saturated rings. The first-order valence-corrected chi connectivity index (χ1v) is 16.5.